The van der Waals surface area contributed by atoms with Gasteiger partial charge in [0.2, 0.25) is 5.91 Å². The van der Waals surface area contributed by atoms with Crippen LogP contribution in [0.2, 0.25) is 0 Å². The van der Waals surface area contributed by atoms with E-state index < -0.39 is 0 Å². The number of piperidine rings is 1. The first kappa shape index (κ1) is 14.5. The van der Waals surface area contributed by atoms with Crippen LogP contribution in [-0.4, -0.2) is 46.5 Å². The van der Waals surface area contributed by atoms with E-state index in [1.165, 1.54) is 5.56 Å². The lowest BCUT2D eigenvalue weighted by molar-refractivity contribution is -0.121. The maximum absolute atomic E-state index is 12.1. The number of amides is 3. The van der Waals surface area contributed by atoms with Crippen LogP contribution in [0.3, 0.4) is 0 Å². The largest absolute Gasteiger partial charge is 0.350 e. The van der Waals surface area contributed by atoms with Gasteiger partial charge in [0.05, 0.1) is 0 Å². The van der Waals surface area contributed by atoms with Crippen molar-refractivity contribution in [1.29, 1.82) is 0 Å². The van der Waals surface area contributed by atoms with Gasteiger partial charge in [-0.15, -0.1) is 0 Å². The molecule has 122 valence electrons. The molecule has 3 fully saturated rings. The molecule has 23 heavy (non-hydrogen) atoms. The summed E-state index contributed by atoms with van der Waals surface area (Å²) in [6.07, 6.45) is 6.54. The highest BCUT2D eigenvalue weighted by Gasteiger charge is 2.44. The molecule has 0 saturated carbocycles. The Morgan fingerprint density at radius 1 is 1.17 bits per heavy atom. The minimum absolute atomic E-state index is 0.157. The summed E-state index contributed by atoms with van der Waals surface area (Å²) in [7, 11) is 0. The van der Waals surface area contributed by atoms with Gasteiger partial charge in [-0.1, -0.05) is 0 Å². The average Bonchev–Trinajstić information content (AvgIpc) is 2.78. The fourth-order valence-electron chi connectivity index (χ4n) is 4.36. The number of rotatable bonds is 2. The fraction of sp³-hybridized carbons (Fsp3) is 0.588. The van der Waals surface area contributed by atoms with Gasteiger partial charge in [0.15, 0.2) is 0 Å². The predicted octanol–water partition coefficient (Wildman–Crippen LogP) is 1.83. The summed E-state index contributed by atoms with van der Waals surface area (Å²) in [5.74, 6) is 0.907. The molecule has 3 saturated heterocycles. The van der Waals surface area contributed by atoms with Crippen LogP contribution in [0, 0.1) is 6.92 Å². The highest BCUT2D eigenvalue weighted by molar-refractivity contribution is 5.96. The molecule has 3 amide bonds. The molecule has 2 bridgehead atoms. The molecule has 6 heteroatoms. The Morgan fingerprint density at radius 3 is 2.57 bits per heavy atom. The Hall–Kier alpha value is -2.11. The fourth-order valence-corrected chi connectivity index (χ4v) is 4.36. The lowest BCUT2D eigenvalue weighted by Gasteiger charge is -2.44. The summed E-state index contributed by atoms with van der Waals surface area (Å²) in [4.78, 5) is 32.3. The van der Waals surface area contributed by atoms with Crippen LogP contribution in [0.15, 0.2) is 18.3 Å². The highest BCUT2D eigenvalue weighted by Crippen LogP contribution is 2.40. The molecular formula is C17H22N4O2. The number of carbonyl (C=O) groups is 2. The van der Waals surface area contributed by atoms with Crippen LogP contribution in [0.4, 0.5) is 10.6 Å². The van der Waals surface area contributed by atoms with Crippen molar-refractivity contribution in [2.45, 2.75) is 57.2 Å². The zero-order chi connectivity index (χ0) is 16.0. The van der Waals surface area contributed by atoms with Crippen molar-refractivity contribution in [2.75, 3.05) is 11.4 Å². The number of anilines is 1. The van der Waals surface area contributed by atoms with E-state index in [1.807, 2.05) is 17.2 Å². The summed E-state index contributed by atoms with van der Waals surface area (Å²) in [5, 5.41) is 2.45. The molecule has 3 aliphatic rings. The molecule has 1 aromatic rings. The van der Waals surface area contributed by atoms with E-state index in [1.54, 1.807) is 0 Å². The molecule has 1 aromatic heterocycles. The van der Waals surface area contributed by atoms with Gasteiger partial charge in [-0.3, -0.25) is 10.1 Å². The lowest BCUT2D eigenvalue weighted by atomic mass is 9.95. The van der Waals surface area contributed by atoms with Gasteiger partial charge in [-0.25, -0.2) is 9.78 Å². The minimum Gasteiger partial charge on any atom is -0.350 e. The van der Waals surface area contributed by atoms with Gasteiger partial charge < -0.3 is 9.80 Å². The second-order valence-electron chi connectivity index (χ2n) is 6.91. The van der Waals surface area contributed by atoms with E-state index in [9.17, 15) is 9.59 Å². The molecular weight excluding hydrogens is 292 g/mol. The van der Waals surface area contributed by atoms with Crippen LogP contribution in [-0.2, 0) is 4.79 Å². The van der Waals surface area contributed by atoms with E-state index >= 15 is 0 Å². The van der Waals surface area contributed by atoms with Crippen LogP contribution in [0.1, 0.15) is 37.7 Å². The number of pyridine rings is 1. The molecule has 0 aromatic carbocycles. The highest BCUT2D eigenvalue weighted by atomic mass is 16.2. The number of aryl methyl sites for hydroxylation is 1. The summed E-state index contributed by atoms with van der Waals surface area (Å²) >= 11 is 0. The topological polar surface area (TPSA) is 65.5 Å². The van der Waals surface area contributed by atoms with Gasteiger partial charge in [0.25, 0.3) is 0 Å². The molecule has 1 N–H and O–H groups in total. The van der Waals surface area contributed by atoms with Gasteiger partial charge in [-0.2, -0.15) is 0 Å². The van der Waals surface area contributed by atoms with Crippen molar-refractivity contribution in [3.05, 3.63) is 23.9 Å². The Kier molecular flexibility index (Phi) is 3.47. The maximum atomic E-state index is 12.1. The van der Waals surface area contributed by atoms with E-state index in [2.05, 4.69) is 28.2 Å². The standard InChI is InChI=1S/C17H22N4O2/c1-11-4-6-18-15(8-11)21-12-2-3-13(21)10-14(9-12)20-7-5-16(22)19-17(20)23/h4,6,8,12-14H,2-3,5,7,9-10H2,1H3,(H,19,22,23). The Labute approximate surface area is 135 Å². The lowest BCUT2D eigenvalue weighted by Crippen LogP contribution is -2.58. The van der Waals surface area contributed by atoms with Gasteiger partial charge >= 0.3 is 6.03 Å². The van der Waals surface area contributed by atoms with E-state index in [4.69, 9.17) is 0 Å². The number of nitrogens with zero attached hydrogens (tertiary/aromatic N) is 3. The monoisotopic (exact) mass is 314 g/mol. The smallest absolute Gasteiger partial charge is 0.324 e. The third kappa shape index (κ3) is 2.56. The number of aromatic nitrogens is 1. The SMILES string of the molecule is Cc1ccnc(N2C3CCC2CC(N2CCC(=O)NC2=O)C3)c1. The Balaban J connectivity index is 1.52. The first-order valence-corrected chi connectivity index (χ1v) is 8.43. The quantitative estimate of drug-likeness (QED) is 0.904. The number of hydrogen-bond donors (Lipinski definition) is 1. The van der Waals surface area contributed by atoms with Crippen LogP contribution in [0.5, 0.6) is 0 Å². The Morgan fingerprint density at radius 2 is 1.91 bits per heavy atom. The summed E-state index contributed by atoms with van der Waals surface area (Å²) in [6, 6.07) is 5.08. The number of fused-ring (bicyclic) bond motifs is 2. The maximum Gasteiger partial charge on any atom is 0.324 e. The summed E-state index contributed by atoms with van der Waals surface area (Å²) in [5.41, 5.74) is 1.23. The number of urea groups is 1. The number of carbonyl (C=O) groups excluding carboxylic acids is 2. The van der Waals surface area contributed by atoms with Crippen molar-refractivity contribution in [2.24, 2.45) is 0 Å². The minimum atomic E-state index is -0.215. The van der Waals surface area contributed by atoms with E-state index in [0.29, 0.717) is 25.0 Å². The summed E-state index contributed by atoms with van der Waals surface area (Å²) in [6.45, 7) is 2.65. The molecule has 2 atom stereocenters. The van der Waals surface area contributed by atoms with Gasteiger partial charge in [-0.05, 0) is 50.3 Å². The van der Waals surface area contributed by atoms with E-state index in [-0.39, 0.29) is 18.0 Å². The molecule has 0 radical (unpaired) electrons. The molecule has 0 spiro atoms. The van der Waals surface area contributed by atoms with Crippen LogP contribution >= 0.6 is 0 Å². The first-order valence-electron chi connectivity index (χ1n) is 8.43. The zero-order valence-electron chi connectivity index (χ0n) is 13.4. The zero-order valence-corrected chi connectivity index (χ0v) is 13.4. The van der Waals surface area contributed by atoms with E-state index in [0.717, 1.165) is 31.5 Å². The normalized spacial score (nSPS) is 30.6. The third-order valence-corrected chi connectivity index (χ3v) is 5.40. The molecule has 2 unspecified atom stereocenters. The summed E-state index contributed by atoms with van der Waals surface area (Å²) < 4.78 is 0. The number of hydrogen-bond acceptors (Lipinski definition) is 4. The van der Waals surface area contributed by atoms with Gasteiger partial charge in [0, 0.05) is 37.3 Å². The predicted molar refractivity (Wildman–Crippen MR) is 86.1 cm³/mol. The van der Waals surface area contributed by atoms with Crippen molar-refractivity contribution in [1.82, 2.24) is 15.2 Å². The van der Waals surface area contributed by atoms with Crippen molar-refractivity contribution >= 4 is 17.8 Å². The van der Waals surface area contributed by atoms with Gasteiger partial charge in [0.1, 0.15) is 5.82 Å². The molecule has 3 aliphatic heterocycles. The van der Waals surface area contributed by atoms with Crippen molar-refractivity contribution in [3.63, 3.8) is 0 Å². The van der Waals surface area contributed by atoms with Crippen LogP contribution < -0.4 is 10.2 Å². The Bertz CT molecular complexity index is 633. The first-order chi connectivity index (χ1) is 11.1. The molecule has 4 heterocycles. The molecule has 0 aliphatic carbocycles. The second-order valence-corrected chi connectivity index (χ2v) is 6.91. The van der Waals surface area contributed by atoms with Crippen LogP contribution in [0.25, 0.3) is 0 Å². The van der Waals surface area contributed by atoms with Crippen molar-refractivity contribution in [3.8, 4) is 0 Å². The second kappa shape index (κ2) is 5.51. The number of imide groups is 1. The average molecular weight is 314 g/mol. The van der Waals surface area contributed by atoms with Crippen molar-refractivity contribution < 1.29 is 9.59 Å². The number of nitrogens with one attached hydrogen (secondary N) is 1. The molecule has 6 nitrogen and oxygen atoms in total. The molecule has 4 rings (SSSR count). The third-order valence-electron chi connectivity index (χ3n) is 5.40.